The second-order valence-electron chi connectivity index (χ2n) is 5.51. The van der Waals surface area contributed by atoms with Crippen molar-refractivity contribution in [2.75, 3.05) is 11.9 Å². The van der Waals surface area contributed by atoms with Crippen molar-refractivity contribution in [3.05, 3.63) is 78.4 Å². The predicted octanol–water partition coefficient (Wildman–Crippen LogP) is 3.79. The van der Waals surface area contributed by atoms with E-state index in [2.05, 4.69) is 21.9 Å². The summed E-state index contributed by atoms with van der Waals surface area (Å²) in [6.07, 6.45) is 0. The number of anilines is 1. The molecule has 3 aromatic carbocycles. The van der Waals surface area contributed by atoms with Gasteiger partial charge in [0.15, 0.2) is 0 Å². The Kier molecular flexibility index (Phi) is 4.87. The van der Waals surface area contributed by atoms with E-state index < -0.39 is 0 Å². The highest BCUT2D eigenvalue weighted by Crippen LogP contribution is 2.18. The molecule has 0 aromatic heterocycles. The Balaban J connectivity index is 1.57. The van der Waals surface area contributed by atoms with Crippen molar-refractivity contribution in [1.82, 2.24) is 5.43 Å². The first kappa shape index (κ1) is 15.7. The van der Waals surface area contributed by atoms with Gasteiger partial charge >= 0.3 is 0 Å². The summed E-state index contributed by atoms with van der Waals surface area (Å²) in [5, 5.41) is 9.57. The van der Waals surface area contributed by atoms with E-state index in [4.69, 9.17) is 0 Å². The zero-order valence-electron chi connectivity index (χ0n) is 13.5. The number of nitrogens with zero attached hydrogens (tertiary/aromatic N) is 1. The standard InChI is InChI=1S/C20H19N3O/c1-15(16-7-3-2-4-8-16)22-23-20(24)14-21-19-12-11-17-9-5-6-10-18(17)13-19/h2-13,21H,14H2,1H3,(H,23,24). The van der Waals surface area contributed by atoms with Crippen molar-refractivity contribution >= 4 is 28.1 Å². The zero-order chi connectivity index (χ0) is 16.8. The van der Waals surface area contributed by atoms with Gasteiger partial charge in [0.05, 0.1) is 12.3 Å². The van der Waals surface area contributed by atoms with Crippen LogP contribution in [0.15, 0.2) is 77.9 Å². The number of rotatable bonds is 5. The van der Waals surface area contributed by atoms with Crippen LogP contribution in [0.1, 0.15) is 12.5 Å². The summed E-state index contributed by atoms with van der Waals surface area (Å²) in [5.41, 5.74) is 5.24. The van der Waals surface area contributed by atoms with Gasteiger partial charge in [-0.1, -0.05) is 60.7 Å². The Labute approximate surface area is 141 Å². The summed E-state index contributed by atoms with van der Waals surface area (Å²) >= 11 is 0. The van der Waals surface area contributed by atoms with Gasteiger partial charge in [-0.15, -0.1) is 0 Å². The molecule has 4 heteroatoms. The first-order valence-electron chi connectivity index (χ1n) is 7.83. The normalized spacial score (nSPS) is 11.3. The number of carbonyl (C=O) groups excluding carboxylic acids is 1. The van der Waals surface area contributed by atoms with E-state index in [-0.39, 0.29) is 12.5 Å². The van der Waals surface area contributed by atoms with Crippen LogP contribution in [0.5, 0.6) is 0 Å². The van der Waals surface area contributed by atoms with Crippen LogP contribution in [0.4, 0.5) is 5.69 Å². The number of amides is 1. The molecule has 0 unspecified atom stereocenters. The molecule has 0 bridgehead atoms. The molecule has 120 valence electrons. The molecular formula is C20H19N3O. The maximum Gasteiger partial charge on any atom is 0.259 e. The van der Waals surface area contributed by atoms with E-state index >= 15 is 0 Å². The molecule has 0 atom stereocenters. The maximum absolute atomic E-state index is 11.9. The van der Waals surface area contributed by atoms with Crippen LogP contribution in [-0.2, 0) is 4.79 Å². The molecule has 3 aromatic rings. The molecule has 0 aliphatic carbocycles. The largest absolute Gasteiger partial charge is 0.376 e. The van der Waals surface area contributed by atoms with Crippen molar-refractivity contribution in [1.29, 1.82) is 0 Å². The lowest BCUT2D eigenvalue weighted by Gasteiger charge is -2.07. The Hall–Kier alpha value is -3.14. The second-order valence-corrected chi connectivity index (χ2v) is 5.51. The Bertz CT molecular complexity index is 872. The van der Waals surface area contributed by atoms with Crippen LogP contribution in [-0.4, -0.2) is 18.2 Å². The highest BCUT2D eigenvalue weighted by molar-refractivity contribution is 5.99. The van der Waals surface area contributed by atoms with E-state index in [1.807, 2.05) is 73.7 Å². The van der Waals surface area contributed by atoms with Crippen LogP contribution in [0, 0.1) is 0 Å². The summed E-state index contributed by atoms with van der Waals surface area (Å²) < 4.78 is 0. The molecule has 3 rings (SSSR count). The third-order valence-corrected chi connectivity index (χ3v) is 3.74. The van der Waals surface area contributed by atoms with Crippen molar-refractivity contribution < 1.29 is 4.79 Å². The molecule has 0 heterocycles. The molecule has 1 amide bonds. The third-order valence-electron chi connectivity index (χ3n) is 3.74. The lowest BCUT2D eigenvalue weighted by molar-refractivity contribution is -0.119. The highest BCUT2D eigenvalue weighted by atomic mass is 16.2. The fourth-order valence-electron chi connectivity index (χ4n) is 2.41. The van der Waals surface area contributed by atoms with E-state index in [0.29, 0.717) is 0 Å². The number of hydrazone groups is 1. The number of fused-ring (bicyclic) bond motifs is 1. The molecule has 0 aliphatic rings. The molecular weight excluding hydrogens is 298 g/mol. The molecule has 0 aliphatic heterocycles. The molecule has 24 heavy (non-hydrogen) atoms. The average Bonchev–Trinajstić information content (AvgIpc) is 2.65. The van der Waals surface area contributed by atoms with E-state index in [9.17, 15) is 4.79 Å². The fourth-order valence-corrected chi connectivity index (χ4v) is 2.41. The van der Waals surface area contributed by atoms with E-state index in [1.165, 1.54) is 5.39 Å². The second kappa shape index (κ2) is 7.42. The molecule has 0 spiro atoms. The monoisotopic (exact) mass is 317 g/mol. The summed E-state index contributed by atoms with van der Waals surface area (Å²) in [6, 6.07) is 23.9. The maximum atomic E-state index is 11.9. The van der Waals surface area contributed by atoms with Gasteiger partial charge in [0.25, 0.3) is 5.91 Å². The van der Waals surface area contributed by atoms with Crippen molar-refractivity contribution in [2.45, 2.75) is 6.92 Å². The number of nitrogens with one attached hydrogen (secondary N) is 2. The van der Waals surface area contributed by atoms with Gasteiger partial charge in [-0.05, 0) is 35.4 Å². The highest BCUT2D eigenvalue weighted by Gasteiger charge is 2.02. The van der Waals surface area contributed by atoms with Gasteiger partial charge in [0, 0.05) is 5.69 Å². The molecule has 4 nitrogen and oxygen atoms in total. The molecule has 0 saturated carbocycles. The molecule has 2 N–H and O–H groups in total. The summed E-state index contributed by atoms with van der Waals surface area (Å²) in [4.78, 5) is 11.9. The first-order valence-corrected chi connectivity index (χ1v) is 7.83. The zero-order valence-corrected chi connectivity index (χ0v) is 13.5. The third kappa shape index (κ3) is 3.98. The smallest absolute Gasteiger partial charge is 0.259 e. The lowest BCUT2D eigenvalue weighted by Crippen LogP contribution is -2.26. The number of hydrogen-bond acceptors (Lipinski definition) is 3. The van der Waals surface area contributed by atoms with Crippen LogP contribution in [0.25, 0.3) is 10.8 Å². The van der Waals surface area contributed by atoms with Gasteiger partial charge in [-0.25, -0.2) is 5.43 Å². The van der Waals surface area contributed by atoms with E-state index in [0.717, 1.165) is 22.3 Å². The topological polar surface area (TPSA) is 53.5 Å². The van der Waals surface area contributed by atoms with Gasteiger partial charge in [-0.2, -0.15) is 5.10 Å². The van der Waals surface area contributed by atoms with Gasteiger partial charge < -0.3 is 5.32 Å². The number of benzene rings is 3. The summed E-state index contributed by atoms with van der Waals surface area (Å²) in [6.45, 7) is 2.04. The Morgan fingerprint density at radius 3 is 2.42 bits per heavy atom. The van der Waals surface area contributed by atoms with Crippen molar-refractivity contribution in [3.63, 3.8) is 0 Å². The SMILES string of the molecule is CC(=NNC(=O)CNc1ccc2ccccc2c1)c1ccccc1. The number of carbonyl (C=O) groups is 1. The van der Waals surface area contributed by atoms with Crippen molar-refractivity contribution in [2.24, 2.45) is 5.10 Å². The van der Waals surface area contributed by atoms with Crippen LogP contribution < -0.4 is 10.7 Å². The molecule has 0 radical (unpaired) electrons. The Morgan fingerprint density at radius 1 is 0.917 bits per heavy atom. The fraction of sp³-hybridized carbons (Fsp3) is 0.100. The minimum Gasteiger partial charge on any atom is -0.376 e. The van der Waals surface area contributed by atoms with Crippen LogP contribution in [0.3, 0.4) is 0 Å². The van der Waals surface area contributed by atoms with Crippen molar-refractivity contribution in [3.8, 4) is 0 Å². The number of hydrogen-bond donors (Lipinski definition) is 2. The minimum atomic E-state index is -0.182. The predicted molar refractivity (Wildman–Crippen MR) is 99.2 cm³/mol. The quantitative estimate of drug-likeness (QED) is 0.555. The molecule has 0 saturated heterocycles. The summed E-state index contributed by atoms with van der Waals surface area (Å²) in [7, 11) is 0. The van der Waals surface area contributed by atoms with Crippen LogP contribution >= 0.6 is 0 Å². The van der Waals surface area contributed by atoms with Gasteiger partial charge in [0.2, 0.25) is 0 Å². The average molecular weight is 317 g/mol. The van der Waals surface area contributed by atoms with Gasteiger partial charge in [0.1, 0.15) is 0 Å². The van der Waals surface area contributed by atoms with E-state index in [1.54, 1.807) is 0 Å². The minimum absolute atomic E-state index is 0.171. The summed E-state index contributed by atoms with van der Waals surface area (Å²) in [5.74, 6) is -0.182. The first-order chi connectivity index (χ1) is 11.7. The Morgan fingerprint density at radius 2 is 1.62 bits per heavy atom. The van der Waals surface area contributed by atoms with Gasteiger partial charge in [-0.3, -0.25) is 4.79 Å². The molecule has 0 fully saturated rings. The lowest BCUT2D eigenvalue weighted by atomic mass is 10.1. The van der Waals surface area contributed by atoms with Crippen LogP contribution in [0.2, 0.25) is 0 Å².